The van der Waals surface area contributed by atoms with Crippen LogP contribution in [0.2, 0.25) is 0 Å². The minimum absolute atomic E-state index is 0.122. The number of benzene rings is 1. The summed E-state index contributed by atoms with van der Waals surface area (Å²) in [6.07, 6.45) is 19.4. The second-order valence-electron chi connectivity index (χ2n) is 8.69. The Kier molecular flexibility index (Phi) is 16.2. The SMILES string of the molecule is CCCCCCCCCCCCCCCCCC(=O)N([N]S(=O)(=O)CC)c1ccccc1. The van der Waals surface area contributed by atoms with Gasteiger partial charge in [0.05, 0.1) is 11.4 Å². The van der Waals surface area contributed by atoms with Gasteiger partial charge in [0, 0.05) is 11.3 Å². The molecule has 1 radical (unpaired) electrons. The maximum absolute atomic E-state index is 12.6. The lowest BCUT2D eigenvalue weighted by Crippen LogP contribution is -2.41. The molecule has 0 aliphatic rings. The minimum Gasteiger partial charge on any atom is -0.273 e. The summed E-state index contributed by atoms with van der Waals surface area (Å²) in [4.78, 5) is 16.4. The zero-order valence-corrected chi connectivity index (χ0v) is 21.3. The van der Waals surface area contributed by atoms with Crippen LogP contribution in [-0.4, -0.2) is 20.1 Å². The summed E-state index contributed by atoms with van der Waals surface area (Å²) in [6.45, 7) is 3.79. The number of unbranched alkanes of at least 4 members (excludes halogenated alkanes) is 14. The lowest BCUT2D eigenvalue weighted by atomic mass is 10.0. The van der Waals surface area contributed by atoms with Gasteiger partial charge in [-0.2, -0.15) is 0 Å². The summed E-state index contributed by atoms with van der Waals surface area (Å²) in [5, 5.41) is 1.06. The van der Waals surface area contributed by atoms with Gasteiger partial charge in [0.25, 0.3) is 0 Å². The van der Waals surface area contributed by atoms with Gasteiger partial charge in [-0.05, 0) is 25.5 Å². The maximum Gasteiger partial charge on any atom is 0.247 e. The highest BCUT2D eigenvalue weighted by molar-refractivity contribution is 7.89. The molecular weight excluding hydrogens is 420 g/mol. The molecule has 0 fully saturated rings. The molecule has 5 nitrogen and oxygen atoms in total. The first kappa shape index (κ1) is 28.6. The summed E-state index contributed by atoms with van der Waals surface area (Å²) < 4.78 is 23.9. The van der Waals surface area contributed by atoms with E-state index in [1.54, 1.807) is 24.3 Å². The number of hydrogen-bond acceptors (Lipinski definition) is 3. The van der Waals surface area contributed by atoms with Crippen molar-refractivity contribution in [1.82, 2.24) is 4.83 Å². The molecule has 0 spiro atoms. The van der Waals surface area contributed by atoms with Gasteiger partial charge in [-0.25, -0.2) is 13.4 Å². The quantitative estimate of drug-likeness (QED) is 0.152. The molecule has 0 aliphatic carbocycles. The average molecular weight is 466 g/mol. The van der Waals surface area contributed by atoms with Gasteiger partial charge in [0.2, 0.25) is 15.9 Å². The fourth-order valence-corrected chi connectivity index (χ4v) is 4.29. The molecule has 0 saturated carbocycles. The van der Waals surface area contributed by atoms with E-state index < -0.39 is 10.0 Å². The average Bonchev–Trinajstić information content (AvgIpc) is 2.80. The minimum atomic E-state index is -3.64. The molecule has 183 valence electrons. The predicted octanol–water partition coefficient (Wildman–Crippen LogP) is 7.15. The first-order valence-corrected chi connectivity index (χ1v) is 14.4. The van der Waals surface area contributed by atoms with Crippen molar-refractivity contribution in [2.45, 2.75) is 117 Å². The van der Waals surface area contributed by atoms with E-state index in [1.807, 2.05) is 6.07 Å². The van der Waals surface area contributed by atoms with Crippen LogP contribution in [0.1, 0.15) is 117 Å². The van der Waals surface area contributed by atoms with E-state index in [2.05, 4.69) is 11.8 Å². The fourth-order valence-electron chi connectivity index (χ4n) is 3.74. The van der Waals surface area contributed by atoms with Gasteiger partial charge in [0.15, 0.2) is 0 Å². The van der Waals surface area contributed by atoms with Crippen molar-refractivity contribution in [1.29, 1.82) is 0 Å². The Morgan fingerprint density at radius 1 is 0.719 bits per heavy atom. The van der Waals surface area contributed by atoms with Crippen molar-refractivity contribution >= 4 is 21.6 Å². The molecule has 1 rings (SSSR count). The molecule has 0 aromatic heterocycles. The Bertz CT molecular complexity index is 692. The molecule has 1 aromatic carbocycles. The van der Waals surface area contributed by atoms with E-state index in [0.717, 1.165) is 24.3 Å². The van der Waals surface area contributed by atoms with Crippen LogP contribution in [0.15, 0.2) is 30.3 Å². The van der Waals surface area contributed by atoms with Crippen LogP contribution in [0.3, 0.4) is 0 Å². The molecule has 0 bridgehead atoms. The first-order valence-electron chi connectivity index (χ1n) is 12.8. The number of para-hydroxylation sites is 1. The van der Waals surface area contributed by atoms with Crippen molar-refractivity contribution in [3.8, 4) is 0 Å². The van der Waals surface area contributed by atoms with Crippen molar-refractivity contribution in [2.75, 3.05) is 10.8 Å². The van der Waals surface area contributed by atoms with Gasteiger partial charge in [-0.1, -0.05) is 115 Å². The van der Waals surface area contributed by atoms with Gasteiger partial charge in [-0.3, -0.25) is 4.79 Å². The summed E-state index contributed by atoms with van der Waals surface area (Å²) in [6, 6.07) is 8.79. The summed E-state index contributed by atoms with van der Waals surface area (Å²) in [7, 11) is -3.64. The normalized spacial score (nSPS) is 11.6. The zero-order valence-electron chi connectivity index (χ0n) is 20.4. The van der Waals surface area contributed by atoms with Crippen LogP contribution in [0.5, 0.6) is 0 Å². The highest BCUT2D eigenvalue weighted by Gasteiger charge is 2.22. The molecule has 1 aromatic rings. The Balaban J connectivity index is 2.12. The van der Waals surface area contributed by atoms with Crippen molar-refractivity contribution in [2.24, 2.45) is 0 Å². The van der Waals surface area contributed by atoms with Gasteiger partial charge >= 0.3 is 0 Å². The highest BCUT2D eigenvalue weighted by atomic mass is 32.2. The van der Waals surface area contributed by atoms with Crippen molar-refractivity contribution < 1.29 is 13.2 Å². The third-order valence-electron chi connectivity index (χ3n) is 5.80. The second-order valence-corrected chi connectivity index (χ2v) is 10.6. The number of rotatable bonds is 20. The van der Waals surface area contributed by atoms with Gasteiger partial charge in [0.1, 0.15) is 0 Å². The highest BCUT2D eigenvalue weighted by Crippen LogP contribution is 2.17. The molecule has 0 unspecified atom stereocenters. The standard InChI is InChI=1S/C26H45N2O3S/c1-3-5-6-7-8-9-10-11-12-13-14-15-16-17-21-24-26(29)28(27-32(30,31)4-2)25-22-19-18-20-23-25/h18-20,22-23H,3-17,21,24H2,1-2H3. The van der Waals surface area contributed by atoms with Crippen LogP contribution >= 0.6 is 0 Å². The molecule has 0 N–H and O–H groups in total. The van der Waals surface area contributed by atoms with E-state index in [0.29, 0.717) is 12.1 Å². The van der Waals surface area contributed by atoms with E-state index in [4.69, 9.17) is 0 Å². The van der Waals surface area contributed by atoms with Gasteiger partial charge < -0.3 is 0 Å². The predicted molar refractivity (Wildman–Crippen MR) is 135 cm³/mol. The number of hydrogen-bond donors (Lipinski definition) is 0. The maximum atomic E-state index is 12.6. The number of sulfonamides is 1. The van der Waals surface area contributed by atoms with E-state index in [-0.39, 0.29) is 11.7 Å². The van der Waals surface area contributed by atoms with E-state index in [9.17, 15) is 13.2 Å². The summed E-state index contributed by atoms with van der Waals surface area (Å²) in [5.74, 6) is -0.384. The van der Waals surface area contributed by atoms with Crippen LogP contribution < -0.4 is 9.84 Å². The lowest BCUT2D eigenvalue weighted by Gasteiger charge is -2.20. The number of carbonyl (C=O) groups is 1. The molecule has 32 heavy (non-hydrogen) atoms. The monoisotopic (exact) mass is 465 g/mol. The molecule has 0 saturated heterocycles. The fraction of sp³-hybridized carbons (Fsp3) is 0.731. The Morgan fingerprint density at radius 2 is 1.16 bits per heavy atom. The van der Waals surface area contributed by atoms with Crippen LogP contribution in [-0.2, 0) is 14.8 Å². The molecular formula is C26H45N2O3S. The molecule has 1 amide bonds. The Hall–Kier alpha value is -1.40. The lowest BCUT2D eigenvalue weighted by molar-refractivity contribution is -0.119. The van der Waals surface area contributed by atoms with Crippen molar-refractivity contribution in [3.63, 3.8) is 0 Å². The number of anilines is 1. The van der Waals surface area contributed by atoms with E-state index >= 15 is 0 Å². The smallest absolute Gasteiger partial charge is 0.247 e. The molecule has 0 heterocycles. The zero-order chi connectivity index (χ0) is 23.5. The largest absolute Gasteiger partial charge is 0.273 e. The number of amides is 1. The van der Waals surface area contributed by atoms with Crippen LogP contribution in [0.4, 0.5) is 5.69 Å². The van der Waals surface area contributed by atoms with E-state index in [1.165, 1.54) is 84.0 Å². The molecule has 0 atom stereocenters. The van der Waals surface area contributed by atoms with Crippen LogP contribution in [0, 0.1) is 0 Å². The molecule has 0 aliphatic heterocycles. The third kappa shape index (κ3) is 13.9. The number of nitrogens with zero attached hydrogens (tertiary/aromatic N) is 2. The topological polar surface area (TPSA) is 68.6 Å². The van der Waals surface area contributed by atoms with Crippen molar-refractivity contribution in [3.05, 3.63) is 30.3 Å². The number of carbonyl (C=O) groups excluding carboxylic acids is 1. The van der Waals surface area contributed by atoms with Gasteiger partial charge in [-0.15, -0.1) is 0 Å². The third-order valence-corrected chi connectivity index (χ3v) is 6.94. The second kappa shape index (κ2) is 18.1. The first-order chi connectivity index (χ1) is 15.5. The molecule has 6 heteroatoms. The summed E-state index contributed by atoms with van der Waals surface area (Å²) >= 11 is 0. The van der Waals surface area contributed by atoms with Crippen LogP contribution in [0.25, 0.3) is 0 Å². The Labute approximate surface area is 197 Å². The Morgan fingerprint density at radius 3 is 1.59 bits per heavy atom. The summed E-state index contributed by atoms with van der Waals surface area (Å²) in [5.41, 5.74) is 0.496.